The van der Waals surface area contributed by atoms with Crippen molar-refractivity contribution in [1.29, 1.82) is 0 Å². The molecule has 3 N–H and O–H groups in total. The first-order valence-electron chi connectivity index (χ1n) is 4.07. The third-order valence-corrected chi connectivity index (χ3v) is 1.76. The van der Waals surface area contributed by atoms with E-state index in [0.29, 0.717) is 12.2 Å². The summed E-state index contributed by atoms with van der Waals surface area (Å²) in [5.74, 6) is 0.570. The number of aliphatic hydroxyl groups excluding tert-OH is 1. The number of nitrogen functional groups attached to an aromatic ring is 1. The van der Waals surface area contributed by atoms with Crippen LogP contribution in [-0.4, -0.2) is 21.0 Å². The summed E-state index contributed by atoms with van der Waals surface area (Å²) >= 11 is 0. The van der Waals surface area contributed by atoms with Gasteiger partial charge < -0.3 is 10.8 Å². The molecule has 0 aromatic carbocycles. The molecular formula is C8H15N3O. The lowest BCUT2D eigenvalue weighted by Gasteiger charge is -2.02. The molecule has 1 rings (SSSR count). The Hall–Kier alpha value is -1.03. The highest BCUT2D eigenvalue weighted by atomic mass is 16.3. The van der Waals surface area contributed by atoms with Gasteiger partial charge in [0.15, 0.2) is 0 Å². The van der Waals surface area contributed by atoms with E-state index in [-0.39, 0.29) is 6.10 Å². The average Bonchev–Trinajstić information content (AvgIpc) is 2.28. The van der Waals surface area contributed by atoms with Gasteiger partial charge in [-0.1, -0.05) is 0 Å². The van der Waals surface area contributed by atoms with Crippen LogP contribution in [0, 0.1) is 6.92 Å². The van der Waals surface area contributed by atoms with Gasteiger partial charge in [0, 0.05) is 18.3 Å². The molecule has 0 saturated carbocycles. The largest absolute Gasteiger partial charge is 0.393 e. The van der Waals surface area contributed by atoms with Crippen LogP contribution in [0.4, 0.5) is 5.82 Å². The summed E-state index contributed by atoms with van der Waals surface area (Å²) < 4.78 is 1.76. The van der Waals surface area contributed by atoms with Crippen molar-refractivity contribution in [2.24, 2.45) is 0 Å². The van der Waals surface area contributed by atoms with E-state index >= 15 is 0 Å². The molecule has 1 atom stereocenters. The second-order valence-corrected chi connectivity index (χ2v) is 3.10. The van der Waals surface area contributed by atoms with Crippen LogP contribution in [-0.2, 0) is 6.54 Å². The number of hydrogen-bond donors (Lipinski definition) is 2. The zero-order valence-electron chi connectivity index (χ0n) is 7.49. The normalized spacial score (nSPS) is 13.2. The minimum atomic E-state index is -0.282. The van der Waals surface area contributed by atoms with Crippen LogP contribution in [0.25, 0.3) is 0 Å². The van der Waals surface area contributed by atoms with Crippen LogP contribution in [0.15, 0.2) is 6.20 Å². The van der Waals surface area contributed by atoms with E-state index in [4.69, 9.17) is 10.8 Å². The van der Waals surface area contributed by atoms with E-state index in [9.17, 15) is 0 Å². The first-order valence-corrected chi connectivity index (χ1v) is 4.07. The highest BCUT2D eigenvalue weighted by molar-refractivity contribution is 5.35. The van der Waals surface area contributed by atoms with Crippen molar-refractivity contribution in [3.05, 3.63) is 11.8 Å². The van der Waals surface area contributed by atoms with Crippen molar-refractivity contribution < 1.29 is 5.11 Å². The molecule has 1 heterocycles. The van der Waals surface area contributed by atoms with E-state index in [1.54, 1.807) is 11.6 Å². The monoisotopic (exact) mass is 169 g/mol. The molecule has 0 saturated heterocycles. The molecule has 4 nitrogen and oxygen atoms in total. The molecule has 0 fully saturated rings. The molecular weight excluding hydrogens is 154 g/mol. The Balaban J connectivity index is 2.53. The number of hydrogen-bond acceptors (Lipinski definition) is 3. The van der Waals surface area contributed by atoms with Gasteiger partial charge in [-0.05, 0) is 20.3 Å². The fourth-order valence-corrected chi connectivity index (χ4v) is 0.969. The van der Waals surface area contributed by atoms with Gasteiger partial charge in [-0.15, -0.1) is 0 Å². The Kier molecular flexibility index (Phi) is 2.70. The van der Waals surface area contributed by atoms with Gasteiger partial charge in [0.2, 0.25) is 0 Å². The van der Waals surface area contributed by atoms with E-state index in [1.165, 1.54) is 0 Å². The Labute approximate surface area is 72.0 Å². The van der Waals surface area contributed by atoms with E-state index in [2.05, 4.69) is 5.10 Å². The van der Waals surface area contributed by atoms with E-state index < -0.39 is 0 Å². The minimum Gasteiger partial charge on any atom is -0.393 e. The molecule has 0 aliphatic carbocycles. The van der Waals surface area contributed by atoms with Crippen LogP contribution in [0.2, 0.25) is 0 Å². The molecule has 0 spiro atoms. The fraction of sp³-hybridized carbons (Fsp3) is 0.625. The van der Waals surface area contributed by atoms with E-state index in [1.807, 2.05) is 13.1 Å². The maximum Gasteiger partial charge on any atom is 0.148 e. The summed E-state index contributed by atoms with van der Waals surface area (Å²) in [6.45, 7) is 4.40. The lowest BCUT2D eigenvalue weighted by Crippen LogP contribution is -2.07. The first kappa shape index (κ1) is 9.06. The smallest absolute Gasteiger partial charge is 0.148 e. The summed E-state index contributed by atoms with van der Waals surface area (Å²) in [7, 11) is 0. The molecule has 1 unspecified atom stereocenters. The van der Waals surface area contributed by atoms with Crippen LogP contribution >= 0.6 is 0 Å². The summed E-state index contributed by atoms with van der Waals surface area (Å²) in [6, 6.07) is 0. The van der Waals surface area contributed by atoms with Crippen LogP contribution in [0.5, 0.6) is 0 Å². The quantitative estimate of drug-likeness (QED) is 0.694. The van der Waals surface area contributed by atoms with Crippen molar-refractivity contribution in [3.63, 3.8) is 0 Å². The molecule has 0 aliphatic heterocycles. The maximum atomic E-state index is 9.02. The number of anilines is 1. The van der Waals surface area contributed by atoms with Crippen LogP contribution in [0.3, 0.4) is 0 Å². The van der Waals surface area contributed by atoms with Gasteiger partial charge in [0.25, 0.3) is 0 Å². The van der Waals surface area contributed by atoms with Gasteiger partial charge in [0.1, 0.15) is 5.82 Å². The topological polar surface area (TPSA) is 64.1 Å². The van der Waals surface area contributed by atoms with Gasteiger partial charge >= 0.3 is 0 Å². The van der Waals surface area contributed by atoms with Crippen molar-refractivity contribution in [1.82, 2.24) is 9.78 Å². The van der Waals surface area contributed by atoms with Crippen molar-refractivity contribution >= 4 is 5.82 Å². The van der Waals surface area contributed by atoms with Crippen molar-refractivity contribution in [3.8, 4) is 0 Å². The standard InChI is InChI=1S/C8H15N3O/c1-6-5-11(10-8(6)9)4-3-7(2)12/h5,7,12H,3-4H2,1-2H3,(H2,9,10). The number of nitrogens with two attached hydrogens (primary N) is 1. The summed E-state index contributed by atoms with van der Waals surface area (Å²) in [5, 5.41) is 13.1. The Morgan fingerprint density at radius 1 is 1.75 bits per heavy atom. The van der Waals surface area contributed by atoms with Gasteiger partial charge in [-0.25, -0.2) is 0 Å². The second-order valence-electron chi connectivity index (χ2n) is 3.10. The molecule has 1 aromatic heterocycles. The highest BCUT2D eigenvalue weighted by Gasteiger charge is 2.01. The van der Waals surface area contributed by atoms with Crippen molar-refractivity contribution in [2.45, 2.75) is 32.9 Å². The predicted octanol–water partition coefficient (Wildman–Crippen LogP) is 0.545. The molecule has 4 heteroatoms. The molecule has 1 aromatic rings. The number of aryl methyl sites for hydroxylation is 2. The molecule has 0 amide bonds. The number of aromatic nitrogens is 2. The fourth-order valence-electron chi connectivity index (χ4n) is 0.969. The summed E-state index contributed by atoms with van der Waals surface area (Å²) in [5.41, 5.74) is 6.54. The van der Waals surface area contributed by atoms with Gasteiger partial charge in [-0.3, -0.25) is 4.68 Å². The average molecular weight is 169 g/mol. The lowest BCUT2D eigenvalue weighted by molar-refractivity contribution is 0.176. The van der Waals surface area contributed by atoms with Crippen molar-refractivity contribution in [2.75, 3.05) is 5.73 Å². The molecule has 68 valence electrons. The SMILES string of the molecule is Cc1cn(CCC(C)O)nc1N. The van der Waals surface area contributed by atoms with Gasteiger partial charge in [0.05, 0.1) is 6.10 Å². The molecule has 0 aliphatic rings. The predicted molar refractivity (Wildman–Crippen MR) is 47.7 cm³/mol. The molecule has 0 radical (unpaired) electrons. The number of nitrogens with zero attached hydrogens (tertiary/aromatic N) is 2. The maximum absolute atomic E-state index is 9.02. The number of rotatable bonds is 3. The zero-order chi connectivity index (χ0) is 9.14. The van der Waals surface area contributed by atoms with Crippen LogP contribution < -0.4 is 5.73 Å². The Bertz CT molecular complexity index is 235. The minimum absolute atomic E-state index is 0.282. The highest BCUT2D eigenvalue weighted by Crippen LogP contribution is 2.06. The Morgan fingerprint density at radius 2 is 2.42 bits per heavy atom. The molecule has 0 bridgehead atoms. The van der Waals surface area contributed by atoms with Crippen LogP contribution in [0.1, 0.15) is 18.9 Å². The number of aliphatic hydroxyl groups is 1. The zero-order valence-corrected chi connectivity index (χ0v) is 7.49. The second kappa shape index (κ2) is 3.58. The summed E-state index contributed by atoms with van der Waals surface area (Å²) in [4.78, 5) is 0. The first-order chi connectivity index (χ1) is 5.59. The van der Waals surface area contributed by atoms with Gasteiger partial charge in [-0.2, -0.15) is 5.10 Å². The molecule has 12 heavy (non-hydrogen) atoms. The third-order valence-electron chi connectivity index (χ3n) is 1.76. The lowest BCUT2D eigenvalue weighted by atomic mass is 10.3. The third kappa shape index (κ3) is 2.23. The Morgan fingerprint density at radius 3 is 2.83 bits per heavy atom. The van der Waals surface area contributed by atoms with E-state index in [0.717, 1.165) is 12.1 Å². The summed E-state index contributed by atoms with van der Waals surface area (Å²) in [6.07, 6.45) is 2.31.